The first kappa shape index (κ1) is 12.8. The van der Waals surface area contributed by atoms with Crippen molar-refractivity contribution in [2.45, 2.75) is 32.2 Å². The molecule has 1 atom stereocenters. The quantitative estimate of drug-likeness (QED) is 0.811. The normalized spacial score (nSPS) is 18.2. The van der Waals surface area contributed by atoms with Crippen molar-refractivity contribution in [1.29, 1.82) is 0 Å². The summed E-state index contributed by atoms with van der Waals surface area (Å²) in [4.78, 5) is 25.6. The smallest absolute Gasteiger partial charge is 0.248 e. The minimum atomic E-state index is -0.0743. The molecule has 0 unspecified atom stereocenters. The van der Waals surface area contributed by atoms with Crippen molar-refractivity contribution in [3.05, 3.63) is 33.7 Å². The minimum absolute atomic E-state index is 0.0624. The third kappa shape index (κ3) is 3.20. The molecule has 1 aromatic rings. The predicted octanol–water partition coefficient (Wildman–Crippen LogP) is 0.385. The molecule has 1 aliphatic carbocycles. The van der Waals surface area contributed by atoms with Gasteiger partial charge in [-0.15, -0.1) is 0 Å². The maximum absolute atomic E-state index is 11.5. The number of nitrogens with one attached hydrogen (secondary N) is 2. The summed E-state index contributed by atoms with van der Waals surface area (Å²) in [6.07, 6.45) is 2.42. The molecular weight excluding hydrogens is 232 g/mol. The molecule has 0 radical (unpaired) electrons. The maximum Gasteiger partial charge on any atom is 0.248 e. The van der Waals surface area contributed by atoms with Crippen LogP contribution in [0.2, 0.25) is 0 Å². The Hall–Kier alpha value is -1.62. The fourth-order valence-electron chi connectivity index (χ4n) is 2.24. The lowest BCUT2D eigenvalue weighted by Crippen LogP contribution is -2.41. The van der Waals surface area contributed by atoms with E-state index in [-0.39, 0.29) is 24.1 Å². The average molecular weight is 250 g/mol. The molecule has 1 amide bonds. The van der Waals surface area contributed by atoms with Gasteiger partial charge in [0.25, 0.3) is 0 Å². The second kappa shape index (κ2) is 5.82. The van der Waals surface area contributed by atoms with E-state index >= 15 is 0 Å². The molecule has 1 aliphatic rings. The number of fused-ring (bicyclic) bond motifs is 1. The average Bonchev–Trinajstić information content (AvgIpc) is 2.36. The number of carbonyl (C=O) groups is 1. The van der Waals surface area contributed by atoms with Gasteiger partial charge >= 0.3 is 0 Å². The zero-order chi connectivity index (χ0) is 13.0. The molecule has 1 aromatic heterocycles. The van der Waals surface area contributed by atoms with Crippen molar-refractivity contribution >= 4 is 5.91 Å². The monoisotopic (exact) mass is 250 g/mol. The highest BCUT2D eigenvalue weighted by Crippen LogP contribution is 2.18. The van der Waals surface area contributed by atoms with E-state index in [2.05, 4.69) is 10.3 Å². The molecule has 0 spiro atoms. The topological polar surface area (TPSA) is 71.2 Å². The van der Waals surface area contributed by atoms with Gasteiger partial charge in [-0.2, -0.15) is 0 Å². The molecule has 2 rings (SSSR count). The highest BCUT2D eigenvalue weighted by molar-refractivity contribution is 5.77. The van der Waals surface area contributed by atoms with Crippen LogP contribution in [0.4, 0.5) is 0 Å². The van der Waals surface area contributed by atoms with Gasteiger partial charge in [-0.3, -0.25) is 9.59 Å². The van der Waals surface area contributed by atoms with Crippen molar-refractivity contribution < 1.29 is 9.53 Å². The number of aromatic amines is 1. The summed E-state index contributed by atoms with van der Waals surface area (Å²) in [5.41, 5.74) is 2.05. The second-order valence-corrected chi connectivity index (χ2v) is 4.47. The Morgan fingerprint density at radius 3 is 3.17 bits per heavy atom. The van der Waals surface area contributed by atoms with E-state index in [0.717, 1.165) is 30.5 Å². The van der Waals surface area contributed by atoms with Gasteiger partial charge in [0.2, 0.25) is 11.5 Å². The number of carbonyl (C=O) groups excluding carboxylic acids is 1. The highest BCUT2D eigenvalue weighted by atomic mass is 16.5. The summed E-state index contributed by atoms with van der Waals surface area (Å²) in [5, 5.41) is 2.95. The van der Waals surface area contributed by atoms with E-state index in [4.69, 9.17) is 4.74 Å². The van der Waals surface area contributed by atoms with Crippen molar-refractivity contribution in [1.82, 2.24) is 10.3 Å². The van der Waals surface area contributed by atoms with Crippen LogP contribution in [0.15, 0.2) is 16.9 Å². The first-order valence-electron chi connectivity index (χ1n) is 6.27. The van der Waals surface area contributed by atoms with Gasteiger partial charge in [-0.1, -0.05) is 6.07 Å². The van der Waals surface area contributed by atoms with Gasteiger partial charge in [0.1, 0.15) is 6.61 Å². The molecule has 5 nitrogen and oxygen atoms in total. The largest absolute Gasteiger partial charge is 0.372 e. The molecule has 0 aliphatic heterocycles. The predicted molar refractivity (Wildman–Crippen MR) is 67.5 cm³/mol. The van der Waals surface area contributed by atoms with Gasteiger partial charge in [0.15, 0.2) is 0 Å². The molecule has 0 saturated carbocycles. The Balaban J connectivity index is 1.93. The molecule has 18 heavy (non-hydrogen) atoms. The molecule has 0 aromatic carbocycles. The zero-order valence-electron chi connectivity index (χ0n) is 10.5. The summed E-state index contributed by atoms with van der Waals surface area (Å²) in [6, 6.07) is 3.51. The molecule has 0 bridgehead atoms. The number of H-pyrrole nitrogens is 1. The van der Waals surface area contributed by atoms with Crippen LogP contribution >= 0.6 is 0 Å². The van der Waals surface area contributed by atoms with Crippen LogP contribution in [0.5, 0.6) is 0 Å². The van der Waals surface area contributed by atoms with Crippen LogP contribution in [0.25, 0.3) is 0 Å². The van der Waals surface area contributed by atoms with Gasteiger partial charge in [-0.05, 0) is 31.7 Å². The molecule has 98 valence electrons. The van der Waals surface area contributed by atoms with E-state index in [1.807, 2.05) is 13.0 Å². The maximum atomic E-state index is 11.5. The lowest BCUT2D eigenvalue weighted by atomic mass is 9.92. The van der Waals surface area contributed by atoms with Crippen LogP contribution in [0.3, 0.4) is 0 Å². The molecule has 2 N–H and O–H groups in total. The zero-order valence-corrected chi connectivity index (χ0v) is 10.5. The molecule has 5 heteroatoms. The van der Waals surface area contributed by atoms with Crippen LogP contribution < -0.4 is 10.9 Å². The Labute approximate surface area is 106 Å². The molecule has 0 fully saturated rings. The van der Waals surface area contributed by atoms with Crippen LogP contribution in [-0.2, 0) is 22.4 Å². The Morgan fingerprint density at radius 1 is 1.56 bits per heavy atom. The fraction of sp³-hybridized carbons (Fsp3) is 0.538. The number of hydrogen-bond donors (Lipinski definition) is 2. The van der Waals surface area contributed by atoms with Crippen molar-refractivity contribution in [3.63, 3.8) is 0 Å². The Bertz CT molecular complexity index is 481. The van der Waals surface area contributed by atoms with Crippen molar-refractivity contribution in [2.75, 3.05) is 13.2 Å². The van der Waals surface area contributed by atoms with E-state index in [1.54, 1.807) is 0 Å². The molecule has 0 saturated heterocycles. The number of aryl methyl sites for hydroxylation is 1. The summed E-state index contributed by atoms with van der Waals surface area (Å²) < 4.78 is 5.06. The van der Waals surface area contributed by atoms with Gasteiger partial charge < -0.3 is 15.0 Å². The number of amides is 1. The Morgan fingerprint density at radius 2 is 2.39 bits per heavy atom. The Kier molecular flexibility index (Phi) is 4.15. The summed E-state index contributed by atoms with van der Waals surface area (Å²) >= 11 is 0. The second-order valence-electron chi connectivity index (χ2n) is 4.47. The third-order valence-electron chi connectivity index (χ3n) is 3.11. The number of rotatable bonds is 4. The van der Waals surface area contributed by atoms with Crippen molar-refractivity contribution in [3.8, 4) is 0 Å². The standard InChI is InChI=1S/C13H18N2O3/c1-2-18-8-13(17)14-10-4-5-11-9(7-10)3-6-12(16)15-11/h3,6,10H,2,4-5,7-8H2,1H3,(H,14,17)(H,15,16)/t10-/m0/s1. The van der Waals surface area contributed by atoms with E-state index in [9.17, 15) is 9.59 Å². The summed E-state index contributed by atoms with van der Waals surface area (Å²) in [5.74, 6) is -0.0743. The number of pyridine rings is 1. The SMILES string of the molecule is CCOCC(=O)N[C@H]1CCc2[nH]c(=O)ccc2C1. The van der Waals surface area contributed by atoms with Gasteiger partial charge in [-0.25, -0.2) is 0 Å². The fourth-order valence-corrected chi connectivity index (χ4v) is 2.24. The summed E-state index contributed by atoms with van der Waals surface area (Å²) in [6.45, 7) is 2.52. The number of ether oxygens (including phenoxy) is 1. The minimum Gasteiger partial charge on any atom is -0.372 e. The van der Waals surface area contributed by atoms with Gasteiger partial charge in [0, 0.05) is 24.4 Å². The van der Waals surface area contributed by atoms with Crippen LogP contribution in [0, 0.1) is 0 Å². The van der Waals surface area contributed by atoms with E-state index in [0.29, 0.717) is 6.61 Å². The lowest BCUT2D eigenvalue weighted by Gasteiger charge is -2.25. The number of aromatic nitrogens is 1. The first-order valence-corrected chi connectivity index (χ1v) is 6.27. The summed E-state index contributed by atoms with van der Waals surface area (Å²) in [7, 11) is 0. The lowest BCUT2D eigenvalue weighted by molar-refractivity contribution is -0.126. The first-order chi connectivity index (χ1) is 8.69. The van der Waals surface area contributed by atoms with E-state index < -0.39 is 0 Å². The molecular formula is C13H18N2O3. The van der Waals surface area contributed by atoms with Crippen LogP contribution in [0.1, 0.15) is 24.6 Å². The van der Waals surface area contributed by atoms with Crippen molar-refractivity contribution in [2.24, 2.45) is 0 Å². The molecule has 1 heterocycles. The third-order valence-corrected chi connectivity index (χ3v) is 3.11. The highest BCUT2D eigenvalue weighted by Gasteiger charge is 2.20. The number of hydrogen-bond acceptors (Lipinski definition) is 3. The van der Waals surface area contributed by atoms with Gasteiger partial charge in [0.05, 0.1) is 0 Å². The van der Waals surface area contributed by atoms with E-state index in [1.165, 1.54) is 6.07 Å². The van der Waals surface area contributed by atoms with Crippen LogP contribution in [-0.4, -0.2) is 30.1 Å².